The monoisotopic (exact) mass is 528 g/mol. The molecule has 1 heterocycles. The predicted molar refractivity (Wildman–Crippen MR) is 157 cm³/mol. The minimum absolute atomic E-state index is 0.0339. The van der Waals surface area contributed by atoms with Crippen LogP contribution >= 0.6 is 11.3 Å². The molecule has 1 aromatic heterocycles. The summed E-state index contributed by atoms with van der Waals surface area (Å²) in [6.45, 7) is 1.40. The third-order valence-electron chi connectivity index (χ3n) is 6.28. The van der Waals surface area contributed by atoms with Gasteiger partial charge in [0.25, 0.3) is 0 Å². The van der Waals surface area contributed by atoms with Gasteiger partial charge in [0.15, 0.2) is 0 Å². The molecule has 38 heavy (non-hydrogen) atoms. The van der Waals surface area contributed by atoms with Crippen molar-refractivity contribution in [3.63, 3.8) is 0 Å². The van der Waals surface area contributed by atoms with E-state index in [1.165, 1.54) is 10.5 Å². The first-order valence-electron chi connectivity index (χ1n) is 12.3. The molecule has 0 saturated carbocycles. The Morgan fingerprint density at radius 3 is 2.16 bits per heavy atom. The fraction of sp³-hybridized carbons (Fsp3) is 0.179. The van der Waals surface area contributed by atoms with Gasteiger partial charge in [-0.15, -0.1) is 11.3 Å². The second-order valence-corrected chi connectivity index (χ2v) is 10.3. The van der Waals surface area contributed by atoms with Crippen LogP contribution in [0.1, 0.15) is 5.56 Å². The van der Waals surface area contributed by atoms with E-state index in [1.54, 1.807) is 55.8 Å². The van der Waals surface area contributed by atoms with Crippen LogP contribution in [0.4, 0.5) is 0 Å². The fourth-order valence-electron chi connectivity index (χ4n) is 4.14. The summed E-state index contributed by atoms with van der Waals surface area (Å²) in [6.07, 6.45) is 4.23. The van der Waals surface area contributed by atoms with Gasteiger partial charge in [0.1, 0.15) is 0 Å². The van der Waals surface area contributed by atoms with Crippen LogP contribution in [0.3, 0.4) is 0 Å². The zero-order chi connectivity index (χ0) is 27.2. The molecule has 0 aliphatic carbocycles. The number of nitrogens with zero attached hydrogens (tertiary/aromatic N) is 1. The van der Waals surface area contributed by atoms with Gasteiger partial charge in [0.2, 0.25) is 5.91 Å². The van der Waals surface area contributed by atoms with E-state index in [9.17, 15) is 24.9 Å². The molecule has 194 valence electrons. The number of fused-ring (bicyclic) bond motifs is 1. The molecule has 0 spiro atoms. The van der Waals surface area contributed by atoms with Crippen LogP contribution in [0.2, 0.25) is 0 Å². The summed E-state index contributed by atoms with van der Waals surface area (Å²) in [5.74, 6) is -0.0339. The van der Waals surface area contributed by atoms with E-state index in [1.807, 2.05) is 24.3 Å². The van der Waals surface area contributed by atoms with Gasteiger partial charge in [0.05, 0.1) is 0 Å². The summed E-state index contributed by atoms with van der Waals surface area (Å²) in [4.78, 5) is 14.1. The van der Waals surface area contributed by atoms with Gasteiger partial charge in [-0.3, -0.25) is 4.79 Å². The molecular formula is C28H30B2N2O5S. The standard InChI is InChI=1S/C28H30B2N2O5S/c1-32(2)26(33)4-3-16-31-17-15-19-5-7-20(8-6-19)27-24-14-13-23(30(36)37)18-25(24)38-28(27)21-9-11-22(12-10-21)29(34)35/h3-14,18,31,34-37H,15-17H2,1-2H3/b4-3+. The van der Waals surface area contributed by atoms with Crippen molar-refractivity contribution in [2.45, 2.75) is 6.42 Å². The lowest BCUT2D eigenvalue weighted by molar-refractivity contribution is -0.123. The van der Waals surface area contributed by atoms with E-state index in [-0.39, 0.29) is 5.91 Å². The van der Waals surface area contributed by atoms with Crippen LogP contribution in [0.15, 0.2) is 78.9 Å². The Morgan fingerprint density at radius 2 is 1.53 bits per heavy atom. The first kappa shape index (κ1) is 27.8. The van der Waals surface area contributed by atoms with E-state index < -0.39 is 14.2 Å². The largest absolute Gasteiger partial charge is 0.488 e. The van der Waals surface area contributed by atoms with Crippen LogP contribution in [-0.4, -0.2) is 72.3 Å². The minimum atomic E-state index is -1.55. The maximum atomic E-state index is 11.6. The Morgan fingerprint density at radius 1 is 0.895 bits per heavy atom. The molecule has 0 radical (unpaired) electrons. The van der Waals surface area contributed by atoms with Crippen LogP contribution in [-0.2, 0) is 11.2 Å². The lowest BCUT2D eigenvalue weighted by Gasteiger charge is -2.09. The van der Waals surface area contributed by atoms with Crippen molar-refractivity contribution in [1.29, 1.82) is 0 Å². The number of carbonyl (C=O) groups excluding carboxylic acids is 1. The molecule has 0 fully saturated rings. The zero-order valence-electron chi connectivity index (χ0n) is 21.3. The Hall–Kier alpha value is -3.24. The van der Waals surface area contributed by atoms with Crippen LogP contribution < -0.4 is 16.2 Å². The van der Waals surface area contributed by atoms with Gasteiger partial charge >= 0.3 is 14.2 Å². The number of rotatable bonds is 10. The van der Waals surface area contributed by atoms with Crippen LogP contribution in [0.5, 0.6) is 0 Å². The number of hydrogen-bond acceptors (Lipinski definition) is 7. The molecule has 0 aliphatic rings. The maximum absolute atomic E-state index is 11.6. The van der Waals surface area contributed by atoms with Crippen molar-refractivity contribution in [2.24, 2.45) is 0 Å². The molecule has 5 N–H and O–H groups in total. The lowest BCUT2D eigenvalue weighted by atomic mass is 9.79. The smallest absolute Gasteiger partial charge is 0.423 e. The van der Waals surface area contributed by atoms with Gasteiger partial charge in [0, 0.05) is 47.2 Å². The number of nitrogens with one attached hydrogen (secondary N) is 1. The average molecular weight is 528 g/mol. The second kappa shape index (κ2) is 12.5. The average Bonchev–Trinajstić information content (AvgIpc) is 3.29. The van der Waals surface area contributed by atoms with Gasteiger partial charge in [-0.05, 0) is 46.6 Å². The van der Waals surface area contributed by atoms with Gasteiger partial charge in [-0.2, -0.15) is 0 Å². The molecule has 1 amide bonds. The van der Waals surface area contributed by atoms with Crippen molar-refractivity contribution in [1.82, 2.24) is 10.2 Å². The quantitative estimate of drug-likeness (QED) is 0.121. The Balaban J connectivity index is 1.57. The molecule has 0 saturated heterocycles. The molecule has 10 heteroatoms. The van der Waals surface area contributed by atoms with Crippen LogP contribution in [0, 0.1) is 0 Å². The molecule has 0 bridgehead atoms. The molecule has 4 aromatic rings. The molecule has 4 rings (SSSR count). The maximum Gasteiger partial charge on any atom is 0.488 e. The molecule has 0 aliphatic heterocycles. The highest BCUT2D eigenvalue weighted by molar-refractivity contribution is 7.23. The Bertz CT molecular complexity index is 1420. The first-order valence-corrected chi connectivity index (χ1v) is 13.1. The summed E-state index contributed by atoms with van der Waals surface area (Å²) < 4.78 is 0.931. The molecule has 3 aromatic carbocycles. The molecule has 7 nitrogen and oxygen atoms in total. The predicted octanol–water partition coefficient (Wildman–Crippen LogP) is 1.37. The number of hydrogen-bond donors (Lipinski definition) is 5. The lowest BCUT2D eigenvalue weighted by Crippen LogP contribution is -2.29. The number of thiophene rings is 1. The van der Waals surface area contributed by atoms with Crippen molar-refractivity contribution in [3.05, 3.63) is 84.4 Å². The SMILES string of the molecule is CN(C)C(=O)/C=C/CNCCc1ccc(-c2c(-c3ccc(B(O)O)cc3)sc3cc(B(O)O)ccc23)cc1. The summed E-state index contributed by atoms with van der Waals surface area (Å²) in [7, 11) is 0.370. The second-order valence-electron chi connectivity index (χ2n) is 9.22. The highest BCUT2D eigenvalue weighted by Crippen LogP contribution is 2.44. The van der Waals surface area contributed by atoms with Crippen molar-refractivity contribution >= 4 is 52.5 Å². The van der Waals surface area contributed by atoms with Gasteiger partial charge < -0.3 is 30.3 Å². The van der Waals surface area contributed by atoms with Crippen molar-refractivity contribution < 1.29 is 24.9 Å². The molecule has 0 atom stereocenters. The number of amides is 1. The minimum Gasteiger partial charge on any atom is -0.423 e. The third kappa shape index (κ3) is 6.60. The topological polar surface area (TPSA) is 113 Å². The number of likely N-dealkylation sites (N-methyl/N-ethyl adjacent to an activating group) is 1. The van der Waals surface area contributed by atoms with E-state index in [4.69, 9.17) is 0 Å². The summed E-state index contributed by atoms with van der Waals surface area (Å²) in [6, 6.07) is 20.9. The number of carbonyl (C=O) groups is 1. The highest BCUT2D eigenvalue weighted by atomic mass is 32.1. The summed E-state index contributed by atoms with van der Waals surface area (Å²) in [5, 5.41) is 42.6. The summed E-state index contributed by atoms with van der Waals surface area (Å²) >= 11 is 1.56. The van der Waals surface area contributed by atoms with Gasteiger partial charge in [-0.25, -0.2) is 0 Å². The summed E-state index contributed by atoms with van der Waals surface area (Å²) in [5.41, 5.74) is 5.05. The van der Waals surface area contributed by atoms with E-state index in [0.717, 1.165) is 44.6 Å². The normalized spacial score (nSPS) is 11.3. The first-order chi connectivity index (χ1) is 18.2. The third-order valence-corrected chi connectivity index (χ3v) is 7.48. The molecular weight excluding hydrogens is 498 g/mol. The highest BCUT2D eigenvalue weighted by Gasteiger charge is 2.19. The van der Waals surface area contributed by atoms with Crippen molar-refractivity contribution in [2.75, 3.05) is 27.2 Å². The Labute approximate surface area is 227 Å². The van der Waals surface area contributed by atoms with Crippen molar-refractivity contribution in [3.8, 4) is 21.6 Å². The molecule has 0 unspecified atom stereocenters. The zero-order valence-corrected chi connectivity index (χ0v) is 22.2. The van der Waals surface area contributed by atoms with E-state index in [2.05, 4.69) is 29.6 Å². The van der Waals surface area contributed by atoms with Gasteiger partial charge in [-0.1, -0.05) is 66.7 Å². The van der Waals surface area contributed by atoms with Crippen LogP contribution in [0.25, 0.3) is 31.7 Å². The fourth-order valence-corrected chi connectivity index (χ4v) is 5.41. The number of benzene rings is 3. The Kier molecular flexibility index (Phi) is 9.17. The van der Waals surface area contributed by atoms with E-state index >= 15 is 0 Å². The van der Waals surface area contributed by atoms with E-state index in [0.29, 0.717) is 17.5 Å².